The van der Waals surface area contributed by atoms with Gasteiger partial charge in [-0.2, -0.15) is 0 Å². The maximum atomic E-state index is 11.4. The number of nitrogens with zero attached hydrogens (tertiary/aromatic N) is 2. The van der Waals surface area contributed by atoms with Crippen molar-refractivity contribution >= 4 is 5.91 Å². The standard InChI is InChI=1S/C9H15N2O/c12-9(11-6-3-7-11)8-10-4-1-2-5-10/h3H,1-2,4-8H2. The molecule has 0 aromatic carbocycles. The van der Waals surface area contributed by atoms with Crippen LogP contribution in [0, 0.1) is 6.42 Å². The van der Waals surface area contributed by atoms with E-state index >= 15 is 0 Å². The van der Waals surface area contributed by atoms with Crippen LogP contribution in [0.15, 0.2) is 0 Å². The van der Waals surface area contributed by atoms with Crippen molar-refractivity contribution in [1.29, 1.82) is 0 Å². The first-order valence-electron chi connectivity index (χ1n) is 4.68. The lowest BCUT2D eigenvalue weighted by Gasteiger charge is -2.32. The Balaban J connectivity index is 1.73. The minimum Gasteiger partial charge on any atom is -0.341 e. The molecule has 0 atom stereocenters. The molecule has 0 saturated carbocycles. The lowest BCUT2D eigenvalue weighted by Crippen LogP contribution is -2.47. The lowest BCUT2D eigenvalue weighted by atomic mass is 10.2. The number of carbonyl (C=O) groups is 1. The minimum absolute atomic E-state index is 0.305. The van der Waals surface area contributed by atoms with Crippen LogP contribution in [0.4, 0.5) is 0 Å². The van der Waals surface area contributed by atoms with E-state index in [0.29, 0.717) is 12.5 Å². The SMILES string of the molecule is O=C(CN1CCCC1)N1C[CH]C1. The van der Waals surface area contributed by atoms with Gasteiger partial charge in [0.25, 0.3) is 0 Å². The second-order valence-electron chi connectivity index (χ2n) is 3.57. The fraction of sp³-hybridized carbons (Fsp3) is 0.778. The molecule has 1 radical (unpaired) electrons. The summed E-state index contributed by atoms with van der Waals surface area (Å²) in [6, 6.07) is 0. The summed E-state index contributed by atoms with van der Waals surface area (Å²) in [5.41, 5.74) is 0. The highest BCUT2D eigenvalue weighted by molar-refractivity contribution is 5.79. The highest BCUT2D eigenvalue weighted by atomic mass is 16.2. The molecule has 0 unspecified atom stereocenters. The Hall–Kier alpha value is -0.570. The first kappa shape index (κ1) is 8.05. The highest BCUT2D eigenvalue weighted by Gasteiger charge is 2.23. The molecule has 0 aromatic heterocycles. The minimum atomic E-state index is 0.305. The van der Waals surface area contributed by atoms with Gasteiger partial charge in [-0.25, -0.2) is 0 Å². The smallest absolute Gasteiger partial charge is 0.236 e. The summed E-state index contributed by atoms with van der Waals surface area (Å²) >= 11 is 0. The molecule has 2 saturated heterocycles. The summed E-state index contributed by atoms with van der Waals surface area (Å²) in [7, 11) is 0. The number of amides is 1. The van der Waals surface area contributed by atoms with Crippen LogP contribution < -0.4 is 0 Å². The third kappa shape index (κ3) is 1.61. The Kier molecular flexibility index (Phi) is 2.30. The van der Waals surface area contributed by atoms with Crippen LogP contribution in [0.2, 0.25) is 0 Å². The van der Waals surface area contributed by atoms with Crippen molar-refractivity contribution in [3.8, 4) is 0 Å². The third-order valence-electron chi connectivity index (χ3n) is 2.61. The van der Waals surface area contributed by atoms with Crippen molar-refractivity contribution in [2.45, 2.75) is 12.8 Å². The van der Waals surface area contributed by atoms with Crippen LogP contribution in [0.3, 0.4) is 0 Å². The zero-order chi connectivity index (χ0) is 8.39. The normalized spacial score (nSPS) is 24.2. The number of rotatable bonds is 2. The van der Waals surface area contributed by atoms with Crippen LogP contribution >= 0.6 is 0 Å². The van der Waals surface area contributed by atoms with Crippen LogP contribution in [-0.4, -0.2) is 48.4 Å². The Bertz CT molecular complexity index is 171. The van der Waals surface area contributed by atoms with Gasteiger partial charge < -0.3 is 4.90 Å². The average Bonchev–Trinajstić information content (AvgIpc) is 2.34. The Morgan fingerprint density at radius 2 is 1.92 bits per heavy atom. The second-order valence-corrected chi connectivity index (χ2v) is 3.57. The average molecular weight is 167 g/mol. The number of hydrogen-bond acceptors (Lipinski definition) is 2. The molecule has 2 fully saturated rings. The first-order valence-corrected chi connectivity index (χ1v) is 4.68. The van der Waals surface area contributed by atoms with E-state index < -0.39 is 0 Å². The van der Waals surface area contributed by atoms with E-state index in [-0.39, 0.29) is 0 Å². The van der Waals surface area contributed by atoms with Gasteiger partial charge in [-0.05, 0) is 25.9 Å². The molecular formula is C9H15N2O. The highest BCUT2D eigenvalue weighted by Crippen LogP contribution is 2.10. The fourth-order valence-electron chi connectivity index (χ4n) is 1.69. The zero-order valence-electron chi connectivity index (χ0n) is 7.33. The summed E-state index contributed by atoms with van der Waals surface area (Å²) in [5, 5.41) is 0. The molecular weight excluding hydrogens is 152 g/mol. The van der Waals surface area contributed by atoms with E-state index in [2.05, 4.69) is 11.3 Å². The van der Waals surface area contributed by atoms with Gasteiger partial charge in [0.15, 0.2) is 0 Å². The van der Waals surface area contributed by atoms with Gasteiger partial charge in [-0.1, -0.05) is 0 Å². The molecule has 2 rings (SSSR count). The van der Waals surface area contributed by atoms with E-state index in [4.69, 9.17) is 0 Å². The molecule has 2 aliphatic rings. The van der Waals surface area contributed by atoms with Crippen molar-refractivity contribution in [3.63, 3.8) is 0 Å². The van der Waals surface area contributed by atoms with Gasteiger partial charge in [0.05, 0.1) is 6.54 Å². The predicted molar refractivity (Wildman–Crippen MR) is 46.6 cm³/mol. The van der Waals surface area contributed by atoms with Gasteiger partial charge in [-0.3, -0.25) is 9.69 Å². The molecule has 67 valence electrons. The van der Waals surface area contributed by atoms with Crippen molar-refractivity contribution in [3.05, 3.63) is 6.42 Å². The molecule has 0 aliphatic carbocycles. The molecule has 0 spiro atoms. The van der Waals surface area contributed by atoms with Gasteiger partial charge in [0, 0.05) is 19.5 Å². The number of carbonyl (C=O) groups excluding carboxylic acids is 1. The molecule has 0 N–H and O–H groups in total. The van der Waals surface area contributed by atoms with E-state index in [9.17, 15) is 4.79 Å². The third-order valence-corrected chi connectivity index (χ3v) is 2.61. The summed E-state index contributed by atoms with van der Waals surface area (Å²) < 4.78 is 0. The number of hydrogen-bond donors (Lipinski definition) is 0. The Morgan fingerprint density at radius 1 is 1.25 bits per heavy atom. The van der Waals surface area contributed by atoms with Gasteiger partial charge in [0.2, 0.25) is 5.91 Å². The first-order chi connectivity index (χ1) is 5.86. The summed E-state index contributed by atoms with van der Waals surface area (Å²) in [5.74, 6) is 0.305. The van der Waals surface area contributed by atoms with Crippen LogP contribution in [0.5, 0.6) is 0 Å². The summed E-state index contributed by atoms with van der Waals surface area (Å²) in [6.07, 6.45) is 4.65. The monoisotopic (exact) mass is 167 g/mol. The molecule has 2 heterocycles. The Labute approximate surface area is 73.3 Å². The van der Waals surface area contributed by atoms with Crippen molar-refractivity contribution in [1.82, 2.24) is 9.80 Å². The summed E-state index contributed by atoms with van der Waals surface area (Å²) in [4.78, 5) is 15.6. The topological polar surface area (TPSA) is 23.6 Å². The van der Waals surface area contributed by atoms with Crippen molar-refractivity contribution in [2.75, 3.05) is 32.7 Å². The fourth-order valence-corrected chi connectivity index (χ4v) is 1.69. The van der Waals surface area contributed by atoms with Gasteiger partial charge in [-0.15, -0.1) is 0 Å². The second kappa shape index (κ2) is 3.44. The quantitative estimate of drug-likeness (QED) is 0.583. The van der Waals surface area contributed by atoms with Crippen LogP contribution in [0.1, 0.15) is 12.8 Å². The van der Waals surface area contributed by atoms with E-state index in [0.717, 1.165) is 26.2 Å². The number of likely N-dealkylation sites (tertiary alicyclic amines) is 2. The lowest BCUT2D eigenvalue weighted by molar-refractivity contribution is -0.133. The van der Waals surface area contributed by atoms with Gasteiger partial charge >= 0.3 is 0 Å². The Morgan fingerprint density at radius 3 is 2.42 bits per heavy atom. The van der Waals surface area contributed by atoms with E-state index in [1.807, 2.05) is 4.90 Å². The maximum absolute atomic E-state index is 11.4. The largest absolute Gasteiger partial charge is 0.341 e. The molecule has 3 nitrogen and oxygen atoms in total. The molecule has 0 aromatic rings. The molecule has 3 heteroatoms. The van der Waals surface area contributed by atoms with E-state index in [1.54, 1.807) is 0 Å². The van der Waals surface area contributed by atoms with E-state index in [1.165, 1.54) is 12.8 Å². The maximum Gasteiger partial charge on any atom is 0.236 e. The predicted octanol–water partition coefficient (Wildman–Crippen LogP) is 0.129. The van der Waals surface area contributed by atoms with Crippen molar-refractivity contribution < 1.29 is 4.79 Å². The van der Waals surface area contributed by atoms with Crippen molar-refractivity contribution in [2.24, 2.45) is 0 Å². The molecule has 12 heavy (non-hydrogen) atoms. The van der Waals surface area contributed by atoms with Gasteiger partial charge in [0.1, 0.15) is 0 Å². The zero-order valence-corrected chi connectivity index (χ0v) is 7.33. The van der Waals surface area contributed by atoms with Crippen LogP contribution in [-0.2, 0) is 4.79 Å². The molecule has 0 bridgehead atoms. The molecule has 1 amide bonds. The summed E-state index contributed by atoms with van der Waals surface area (Å²) in [6.45, 7) is 4.61. The van der Waals surface area contributed by atoms with Crippen LogP contribution in [0.25, 0.3) is 0 Å². The molecule has 2 aliphatic heterocycles.